The van der Waals surface area contributed by atoms with E-state index in [1.807, 2.05) is 0 Å². The maximum atomic E-state index is 12.0. The third-order valence-corrected chi connectivity index (χ3v) is 3.60. The Labute approximate surface area is 110 Å². The quantitative estimate of drug-likeness (QED) is 0.530. The number of fused-ring (bicyclic) bond motifs is 1. The molecule has 0 aromatic carbocycles. The van der Waals surface area contributed by atoms with E-state index in [1.54, 1.807) is 0 Å². The van der Waals surface area contributed by atoms with Gasteiger partial charge in [0, 0.05) is 0 Å². The van der Waals surface area contributed by atoms with Crippen molar-refractivity contribution >= 4 is 23.7 Å². The lowest BCUT2D eigenvalue weighted by Crippen LogP contribution is -2.37. The highest BCUT2D eigenvalue weighted by molar-refractivity contribution is 6.07. The second kappa shape index (κ2) is 5.38. The van der Waals surface area contributed by atoms with Crippen molar-refractivity contribution in [2.75, 3.05) is 13.2 Å². The Kier molecular flexibility index (Phi) is 3.82. The molecule has 0 aromatic heterocycles. The molecular weight excluding hydrogens is 252 g/mol. The number of imide groups is 1. The molecule has 2 atom stereocenters. The van der Waals surface area contributed by atoms with E-state index in [4.69, 9.17) is 5.73 Å². The zero-order chi connectivity index (χ0) is 14.0. The van der Waals surface area contributed by atoms with Gasteiger partial charge in [-0.2, -0.15) is 0 Å². The van der Waals surface area contributed by atoms with Crippen molar-refractivity contribution in [3.63, 3.8) is 0 Å². The topological polar surface area (TPSA) is 107 Å². The van der Waals surface area contributed by atoms with Crippen molar-refractivity contribution < 1.29 is 23.9 Å². The van der Waals surface area contributed by atoms with Crippen LogP contribution in [0.1, 0.15) is 25.7 Å². The minimum atomic E-state index is -0.792. The number of carbonyl (C=O) groups is 4. The highest BCUT2D eigenvalue weighted by Gasteiger charge is 2.48. The fraction of sp³-hybridized carbons (Fsp3) is 0.667. The maximum Gasteiger partial charge on any atom is 0.326 e. The molecule has 2 N–H and O–H groups in total. The Hall–Kier alpha value is -1.92. The lowest BCUT2D eigenvalue weighted by atomic mass is 9.81. The largest absolute Gasteiger partial charge is 0.454 e. The van der Waals surface area contributed by atoms with Gasteiger partial charge < -0.3 is 10.5 Å². The van der Waals surface area contributed by atoms with E-state index in [0.29, 0.717) is 12.8 Å². The van der Waals surface area contributed by atoms with Crippen LogP contribution in [0.15, 0.2) is 0 Å². The number of nitrogens with zero attached hydrogens (tertiary/aromatic N) is 1. The molecule has 7 nitrogen and oxygen atoms in total. The van der Waals surface area contributed by atoms with E-state index in [1.165, 1.54) is 0 Å². The van der Waals surface area contributed by atoms with E-state index >= 15 is 0 Å². The molecule has 0 bridgehead atoms. The van der Waals surface area contributed by atoms with Crippen LogP contribution in [0.25, 0.3) is 0 Å². The first-order valence-electron chi connectivity index (χ1n) is 6.30. The number of hydrogen-bond donors (Lipinski definition) is 1. The zero-order valence-electron chi connectivity index (χ0n) is 10.5. The van der Waals surface area contributed by atoms with Gasteiger partial charge in [-0.05, 0) is 12.8 Å². The van der Waals surface area contributed by atoms with Crippen LogP contribution in [0.4, 0.5) is 0 Å². The van der Waals surface area contributed by atoms with E-state index < -0.39 is 25.0 Å². The predicted molar refractivity (Wildman–Crippen MR) is 62.3 cm³/mol. The van der Waals surface area contributed by atoms with Crippen molar-refractivity contribution in [1.29, 1.82) is 0 Å². The van der Waals surface area contributed by atoms with Gasteiger partial charge in [0.15, 0.2) is 6.61 Å². The molecule has 3 amide bonds. The summed E-state index contributed by atoms with van der Waals surface area (Å²) in [5.41, 5.74) is 4.84. The van der Waals surface area contributed by atoms with Gasteiger partial charge >= 0.3 is 5.97 Å². The molecule has 104 valence electrons. The van der Waals surface area contributed by atoms with Gasteiger partial charge in [0.2, 0.25) is 11.8 Å². The number of rotatable bonds is 4. The number of amides is 3. The van der Waals surface area contributed by atoms with Crippen LogP contribution in [0.2, 0.25) is 0 Å². The van der Waals surface area contributed by atoms with Crippen molar-refractivity contribution in [1.82, 2.24) is 4.90 Å². The molecule has 1 heterocycles. The number of carbonyl (C=O) groups excluding carboxylic acids is 4. The third-order valence-electron chi connectivity index (χ3n) is 3.60. The van der Waals surface area contributed by atoms with Gasteiger partial charge in [0.1, 0.15) is 6.54 Å². The second-order valence-electron chi connectivity index (χ2n) is 4.89. The summed E-state index contributed by atoms with van der Waals surface area (Å²) in [7, 11) is 0. The van der Waals surface area contributed by atoms with Crippen molar-refractivity contribution in [3.8, 4) is 0 Å². The smallest absolute Gasteiger partial charge is 0.326 e. The molecule has 2 fully saturated rings. The molecule has 2 aliphatic rings. The molecular formula is C12H16N2O5. The Bertz CT molecular complexity index is 410. The number of hydrogen-bond acceptors (Lipinski definition) is 5. The summed E-state index contributed by atoms with van der Waals surface area (Å²) in [6.07, 6.45) is 3.25. The summed E-state index contributed by atoms with van der Waals surface area (Å²) in [5.74, 6) is -2.74. The Balaban J connectivity index is 1.96. The lowest BCUT2D eigenvalue weighted by molar-refractivity contribution is -0.154. The van der Waals surface area contributed by atoms with E-state index in [0.717, 1.165) is 17.7 Å². The summed E-state index contributed by atoms with van der Waals surface area (Å²) >= 11 is 0. The van der Waals surface area contributed by atoms with Crippen molar-refractivity contribution in [2.45, 2.75) is 25.7 Å². The first-order valence-corrected chi connectivity index (χ1v) is 6.30. The summed E-state index contributed by atoms with van der Waals surface area (Å²) in [6, 6.07) is 0. The molecule has 2 rings (SSSR count). The van der Waals surface area contributed by atoms with Crippen LogP contribution in [0.5, 0.6) is 0 Å². The normalized spacial score (nSPS) is 26.2. The number of ether oxygens (including phenoxy) is 1. The van der Waals surface area contributed by atoms with Crippen molar-refractivity contribution in [2.24, 2.45) is 17.6 Å². The highest BCUT2D eigenvalue weighted by atomic mass is 16.5. The molecule has 1 saturated heterocycles. The molecule has 0 spiro atoms. The maximum absolute atomic E-state index is 12.0. The van der Waals surface area contributed by atoms with Gasteiger partial charge in [-0.3, -0.25) is 24.1 Å². The number of esters is 1. The van der Waals surface area contributed by atoms with Crippen LogP contribution >= 0.6 is 0 Å². The van der Waals surface area contributed by atoms with E-state index in [2.05, 4.69) is 4.74 Å². The highest BCUT2D eigenvalue weighted by Crippen LogP contribution is 2.37. The van der Waals surface area contributed by atoms with Crippen LogP contribution < -0.4 is 5.73 Å². The number of nitrogens with two attached hydrogens (primary N) is 1. The second-order valence-corrected chi connectivity index (χ2v) is 4.89. The van der Waals surface area contributed by atoms with Gasteiger partial charge in [0.05, 0.1) is 11.8 Å². The van der Waals surface area contributed by atoms with Crippen LogP contribution in [-0.4, -0.2) is 41.7 Å². The minimum Gasteiger partial charge on any atom is -0.454 e. The molecule has 7 heteroatoms. The summed E-state index contributed by atoms with van der Waals surface area (Å²) in [4.78, 5) is 46.9. The molecule has 1 saturated carbocycles. The fourth-order valence-electron chi connectivity index (χ4n) is 2.71. The molecule has 0 radical (unpaired) electrons. The Morgan fingerprint density at radius 1 is 1.16 bits per heavy atom. The number of likely N-dealkylation sites (tertiary alicyclic amines) is 1. The SMILES string of the molecule is NC(=O)COC(=O)CN1C(=O)[C@H]2CCCC[C@@H]2C1=O. The standard InChI is InChI=1S/C12H16N2O5/c13-9(15)6-19-10(16)5-14-11(17)7-3-1-2-4-8(7)12(14)18/h7-8H,1-6H2,(H2,13,15)/t7-,8-/m0/s1. The minimum absolute atomic E-state index is 0.287. The van der Waals surface area contributed by atoms with Crippen LogP contribution in [0, 0.1) is 11.8 Å². The van der Waals surface area contributed by atoms with Gasteiger partial charge in [-0.1, -0.05) is 12.8 Å². The van der Waals surface area contributed by atoms with E-state index in [9.17, 15) is 19.2 Å². The Morgan fingerprint density at radius 3 is 2.16 bits per heavy atom. The Morgan fingerprint density at radius 2 is 1.68 bits per heavy atom. The summed E-state index contributed by atoms with van der Waals surface area (Å²) < 4.78 is 4.56. The lowest BCUT2D eigenvalue weighted by Gasteiger charge is -2.19. The first kappa shape index (κ1) is 13.5. The monoisotopic (exact) mass is 268 g/mol. The summed E-state index contributed by atoms with van der Waals surface area (Å²) in [5, 5.41) is 0. The van der Waals surface area contributed by atoms with Crippen molar-refractivity contribution in [3.05, 3.63) is 0 Å². The molecule has 0 aromatic rings. The number of primary amides is 1. The van der Waals surface area contributed by atoms with Gasteiger partial charge in [0.25, 0.3) is 5.91 Å². The molecule has 19 heavy (non-hydrogen) atoms. The third kappa shape index (κ3) is 2.74. The molecule has 1 aliphatic carbocycles. The van der Waals surface area contributed by atoms with Crippen LogP contribution in [-0.2, 0) is 23.9 Å². The average molecular weight is 268 g/mol. The predicted octanol–water partition coefficient (Wildman–Crippen LogP) is -0.810. The van der Waals surface area contributed by atoms with E-state index in [-0.39, 0.29) is 23.7 Å². The van der Waals surface area contributed by atoms with Crippen LogP contribution in [0.3, 0.4) is 0 Å². The van der Waals surface area contributed by atoms with Gasteiger partial charge in [-0.15, -0.1) is 0 Å². The zero-order valence-corrected chi connectivity index (χ0v) is 10.5. The summed E-state index contributed by atoms with van der Waals surface area (Å²) in [6.45, 7) is -0.972. The van der Waals surface area contributed by atoms with Gasteiger partial charge in [-0.25, -0.2) is 0 Å². The molecule has 0 unspecified atom stereocenters. The molecule has 1 aliphatic heterocycles. The first-order chi connectivity index (χ1) is 9.00. The average Bonchev–Trinajstić information content (AvgIpc) is 2.62. The fourth-order valence-corrected chi connectivity index (χ4v) is 2.71.